The first-order valence-electron chi connectivity index (χ1n) is 12.7. The maximum Gasteiger partial charge on any atom is 0.203 e. The maximum atomic E-state index is 6.95. The molecule has 0 saturated carbocycles. The van der Waals surface area contributed by atoms with Crippen molar-refractivity contribution in [1.29, 1.82) is 0 Å². The van der Waals surface area contributed by atoms with E-state index in [4.69, 9.17) is 8.85 Å². The molecule has 188 valence electrons. The molecule has 4 heteroatoms. The summed E-state index contributed by atoms with van der Waals surface area (Å²) in [5, 5.41) is 0. The van der Waals surface area contributed by atoms with Gasteiger partial charge in [-0.15, -0.1) is 39.5 Å². The lowest BCUT2D eigenvalue weighted by molar-refractivity contribution is 0.0475. The van der Waals surface area contributed by atoms with Gasteiger partial charge < -0.3 is 8.85 Å². The van der Waals surface area contributed by atoms with Crippen molar-refractivity contribution in [3.63, 3.8) is 0 Å². The fourth-order valence-electron chi connectivity index (χ4n) is 4.62. The fourth-order valence-corrected chi connectivity index (χ4v) is 10.7. The van der Waals surface area contributed by atoms with Crippen LogP contribution in [0.1, 0.15) is 46.5 Å². The van der Waals surface area contributed by atoms with E-state index in [1.807, 2.05) is 36.5 Å². The largest absolute Gasteiger partial charge is 0.415 e. The van der Waals surface area contributed by atoms with E-state index in [9.17, 15) is 0 Å². The fraction of sp³-hybridized carbons (Fsp3) is 0.586. The number of allylic oxidation sites excluding steroid dienone is 6. The Bertz CT molecular complexity index is 514. The minimum atomic E-state index is -2.06. The van der Waals surface area contributed by atoms with E-state index in [1.165, 1.54) is 6.42 Å². The summed E-state index contributed by atoms with van der Waals surface area (Å²) in [7, 11) is -4.12. The first-order valence-corrected chi connectivity index (χ1v) is 17.7. The molecule has 0 spiro atoms. The summed E-state index contributed by atoms with van der Waals surface area (Å²) in [6.07, 6.45) is 16.6. The Morgan fingerprint density at radius 1 is 0.636 bits per heavy atom. The summed E-state index contributed by atoms with van der Waals surface area (Å²) in [4.78, 5) is 0. The molecule has 0 unspecified atom stereocenters. The van der Waals surface area contributed by atoms with Crippen molar-refractivity contribution < 1.29 is 8.85 Å². The highest BCUT2D eigenvalue weighted by atomic mass is 28.4. The third kappa shape index (κ3) is 11.7. The van der Waals surface area contributed by atoms with Crippen LogP contribution in [0.5, 0.6) is 0 Å². The summed E-state index contributed by atoms with van der Waals surface area (Å²) in [5.41, 5.74) is 0.00252. The van der Waals surface area contributed by atoms with Gasteiger partial charge in [-0.1, -0.05) is 70.1 Å². The molecule has 0 aliphatic rings. The molecule has 0 atom stereocenters. The highest BCUT2D eigenvalue weighted by Gasteiger charge is 2.40. The van der Waals surface area contributed by atoms with Gasteiger partial charge in [0.05, 0.1) is 0 Å². The van der Waals surface area contributed by atoms with Crippen LogP contribution in [0.25, 0.3) is 0 Å². The Morgan fingerprint density at radius 2 is 0.970 bits per heavy atom. The van der Waals surface area contributed by atoms with Gasteiger partial charge in [0, 0.05) is 18.6 Å². The standard InChI is InChI=1S/C29H52O2Si2/c1-10-18-29(19-17-28(8)9,26-30-32(20-11-2,21-12-3)22-13-4)27-31-33(23-14-5,24-15-6)25-16-7/h11-16,28H,2-7,10,17-27H2,1,8-9H3. The Morgan fingerprint density at radius 3 is 1.21 bits per heavy atom. The molecule has 0 aromatic heterocycles. The van der Waals surface area contributed by atoms with Gasteiger partial charge in [-0.25, -0.2) is 0 Å². The molecule has 0 aromatic rings. The minimum Gasteiger partial charge on any atom is -0.415 e. The molecular weight excluding hydrogens is 436 g/mol. The first-order chi connectivity index (χ1) is 15.8. The zero-order valence-corrected chi connectivity index (χ0v) is 24.1. The number of rotatable bonds is 23. The normalized spacial score (nSPS) is 12.4. The second-order valence-corrected chi connectivity index (χ2v) is 17.8. The summed E-state index contributed by atoms with van der Waals surface area (Å²) in [5.74, 6) is 0.647. The van der Waals surface area contributed by atoms with E-state index in [2.05, 4.69) is 60.2 Å². The Balaban J connectivity index is 6.04. The molecule has 0 rings (SSSR count). The van der Waals surface area contributed by atoms with Crippen LogP contribution >= 0.6 is 0 Å². The SMILES string of the molecule is C=CC[Si](CC=C)(CC=C)OCC(CCC)(CCC(C)C)CO[Si](CC=C)(CC=C)CC=C. The number of hydrogen-bond donors (Lipinski definition) is 0. The van der Waals surface area contributed by atoms with Crippen molar-refractivity contribution in [2.24, 2.45) is 11.3 Å². The van der Waals surface area contributed by atoms with E-state index in [1.54, 1.807) is 0 Å². The second kappa shape index (κ2) is 17.3. The molecule has 2 nitrogen and oxygen atoms in total. The Hall–Kier alpha value is -1.21. The smallest absolute Gasteiger partial charge is 0.203 e. The molecule has 0 radical (unpaired) electrons. The lowest BCUT2D eigenvalue weighted by atomic mass is 9.79. The highest BCUT2D eigenvalue weighted by Crippen LogP contribution is 2.38. The third-order valence-corrected chi connectivity index (χ3v) is 14.2. The van der Waals surface area contributed by atoms with E-state index >= 15 is 0 Å². The molecule has 0 saturated heterocycles. The summed E-state index contributed by atoms with van der Waals surface area (Å²) < 4.78 is 13.9. The van der Waals surface area contributed by atoms with Crippen LogP contribution in [0.4, 0.5) is 0 Å². The topological polar surface area (TPSA) is 18.5 Å². The quantitative estimate of drug-likeness (QED) is 0.105. The Labute approximate surface area is 208 Å². The van der Waals surface area contributed by atoms with Crippen molar-refractivity contribution in [2.75, 3.05) is 13.2 Å². The summed E-state index contributed by atoms with van der Waals surface area (Å²) in [6.45, 7) is 32.5. The average molecular weight is 489 g/mol. The zero-order valence-electron chi connectivity index (χ0n) is 22.1. The molecule has 0 amide bonds. The maximum absolute atomic E-state index is 6.95. The molecule has 33 heavy (non-hydrogen) atoms. The summed E-state index contributed by atoms with van der Waals surface area (Å²) in [6, 6.07) is 5.50. The van der Waals surface area contributed by atoms with Crippen LogP contribution in [0.3, 0.4) is 0 Å². The molecule has 0 heterocycles. The highest BCUT2D eigenvalue weighted by molar-refractivity contribution is 6.75. The molecule has 0 aromatic carbocycles. The van der Waals surface area contributed by atoms with Gasteiger partial charge in [0.1, 0.15) is 0 Å². The van der Waals surface area contributed by atoms with Gasteiger partial charge in [-0.2, -0.15) is 0 Å². The van der Waals surface area contributed by atoms with Gasteiger partial charge >= 0.3 is 0 Å². The van der Waals surface area contributed by atoms with Crippen molar-refractivity contribution >= 4 is 16.6 Å². The Kier molecular flexibility index (Phi) is 16.6. The third-order valence-electron chi connectivity index (χ3n) is 6.50. The molecule has 0 bridgehead atoms. The van der Waals surface area contributed by atoms with Crippen LogP contribution in [0, 0.1) is 11.3 Å². The average Bonchev–Trinajstić information content (AvgIpc) is 2.76. The van der Waals surface area contributed by atoms with E-state index in [0.717, 1.165) is 68.7 Å². The van der Waals surface area contributed by atoms with Gasteiger partial charge in [0.25, 0.3) is 0 Å². The lowest BCUT2D eigenvalue weighted by Gasteiger charge is -2.41. The van der Waals surface area contributed by atoms with Crippen LogP contribution in [-0.2, 0) is 8.85 Å². The zero-order chi connectivity index (χ0) is 25.2. The van der Waals surface area contributed by atoms with Crippen molar-refractivity contribution in [1.82, 2.24) is 0 Å². The molecule has 0 aliphatic carbocycles. The van der Waals surface area contributed by atoms with Crippen molar-refractivity contribution in [2.45, 2.75) is 82.7 Å². The van der Waals surface area contributed by atoms with Gasteiger partial charge in [0.15, 0.2) is 0 Å². The number of hydrogen-bond acceptors (Lipinski definition) is 2. The lowest BCUT2D eigenvalue weighted by Crippen LogP contribution is -2.46. The molecule has 0 N–H and O–H groups in total. The van der Waals surface area contributed by atoms with Gasteiger partial charge in [-0.3, -0.25) is 0 Å². The molecule has 0 fully saturated rings. The van der Waals surface area contributed by atoms with Crippen LogP contribution in [0.2, 0.25) is 36.3 Å². The van der Waals surface area contributed by atoms with Gasteiger partial charge in [0.2, 0.25) is 16.6 Å². The van der Waals surface area contributed by atoms with Crippen LogP contribution in [-0.4, -0.2) is 29.8 Å². The molecule has 0 aliphatic heterocycles. The summed E-state index contributed by atoms with van der Waals surface area (Å²) >= 11 is 0. The monoisotopic (exact) mass is 488 g/mol. The van der Waals surface area contributed by atoms with Gasteiger partial charge in [-0.05, 0) is 55.0 Å². The van der Waals surface area contributed by atoms with Crippen LogP contribution in [0.15, 0.2) is 75.9 Å². The second-order valence-electron chi connectivity index (χ2n) is 10.1. The molecular formula is C29H52O2Si2. The first kappa shape index (κ1) is 31.8. The van der Waals surface area contributed by atoms with Crippen molar-refractivity contribution in [3.05, 3.63) is 75.9 Å². The predicted octanol–water partition coefficient (Wildman–Crippen LogP) is 9.25. The minimum absolute atomic E-state index is 0.00252. The predicted molar refractivity (Wildman–Crippen MR) is 155 cm³/mol. The van der Waals surface area contributed by atoms with Crippen LogP contribution < -0.4 is 0 Å². The van der Waals surface area contributed by atoms with E-state index < -0.39 is 16.6 Å². The van der Waals surface area contributed by atoms with E-state index in [0.29, 0.717) is 5.92 Å². The van der Waals surface area contributed by atoms with Crippen molar-refractivity contribution in [3.8, 4) is 0 Å². The van der Waals surface area contributed by atoms with E-state index in [-0.39, 0.29) is 5.41 Å².